The molecule has 2 aliphatic rings. The number of anilines is 3. The molecular formula is C19H21ClF2N6S2. The zero-order chi connectivity index (χ0) is 21.1. The third-order valence-corrected chi connectivity index (χ3v) is 6.95. The molecule has 2 aromatic rings. The summed E-state index contributed by atoms with van der Waals surface area (Å²) in [5.74, 6) is -0.732. The van der Waals surface area contributed by atoms with E-state index in [2.05, 4.69) is 30.0 Å². The topological polar surface area (TPSA) is 63.7 Å². The van der Waals surface area contributed by atoms with Gasteiger partial charge in [-0.25, -0.2) is 17.9 Å². The van der Waals surface area contributed by atoms with Crippen molar-refractivity contribution in [2.75, 3.05) is 30.4 Å². The molecule has 2 aliphatic heterocycles. The lowest BCUT2D eigenvalue weighted by atomic mass is 10.2. The molecule has 2 atom stereocenters. The summed E-state index contributed by atoms with van der Waals surface area (Å²) >= 11 is 8.87. The van der Waals surface area contributed by atoms with Crippen LogP contribution in [0.1, 0.15) is 6.42 Å². The maximum atomic E-state index is 14.7. The lowest BCUT2D eigenvalue weighted by Gasteiger charge is -2.23. The standard InChI is InChI=1S/C19H21ClF2N6S2/c1-23-12-4-5-28(9-12)17-6-11(21)2-3-15(17)26-16-8-14(22)18(7-13(16)20)29-27-19-24-10-25-30-19/h2-3,6-8,10,12,19,23,26-27H,4-5,9H2,1H3,(H,24,25). The van der Waals surface area contributed by atoms with Crippen LogP contribution >= 0.6 is 35.5 Å². The van der Waals surface area contributed by atoms with E-state index in [-0.39, 0.29) is 11.3 Å². The third-order valence-electron chi connectivity index (χ3n) is 4.91. The van der Waals surface area contributed by atoms with Crippen LogP contribution < -0.4 is 25.6 Å². The first-order valence-electron chi connectivity index (χ1n) is 9.37. The predicted octanol–water partition coefficient (Wildman–Crippen LogP) is 4.32. The Balaban J connectivity index is 1.52. The lowest BCUT2D eigenvalue weighted by Crippen LogP contribution is -2.30. The quantitative estimate of drug-likeness (QED) is 0.449. The molecule has 2 aromatic carbocycles. The molecule has 1 saturated heterocycles. The van der Waals surface area contributed by atoms with Crippen LogP contribution in [-0.4, -0.2) is 38.0 Å². The fourth-order valence-corrected chi connectivity index (χ4v) is 4.92. The number of hydrogen-bond donors (Lipinski definition) is 4. The number of hydrogen-bond acceptors (Lipinski definition) is 8. The van der Waals surface area contributed by atoms with E-state index in [1.807, 2.05) is 7.05 Å². The van der Waals surface area contributed by atoms with E-state index < -0.39 is 5.82 Å². The Morgan fingerprint density at radius 1 is 1.27 bits per heavy atom. The molecule has 0 spiro atoms. The summed E-state index contributed by atoms with van der Waals surface area (Å²) in [6.45, 7) is 1.58. The second-order valence-electron chi connectivity index (χ2n) is 6.88. The minimum absolute atomic E-state index is 0.130. The van der Waals surface area contributed by atoms with Crippen LogP contribution in [0.2, 0.25) is 5.02 Å². The smallest absolute Gasteiger partial charge is 0.157 e. The van der Waals surface area contributed by atoms with Crippen LogP contribution in [0.15, 0.2) is 39.6 Å². The molecule has 30 heavy (non-hydrogen) atoms. The molecule has 0 amide bonds. The van der Waals surface area contributed by atoms with Crippen molar-refractivity contribution in [1.82, 2.24) is 15.4 Å². The molecule has 6 nitrogen and oxygen atoms in total. The average molecular weight is 471 g/mol. The van der Waals surface area contributed by atoms with Crippen LogP contribution in [0, 0.1) is 11.6 Å². The fraction of sp³-hybridized carbons (Fsp3) is 0.316. The van der Waals surface area contributed by atoms with Gasteiger partial charge in [-0.15, -0.1) is 0 Å². The number of halogens is 3. The van der Waals surface area contributed by atoms with Gasteiger partial charge in [-0.2, -0.15) is 0 Å². The van der Waals surface area contributed by atoms with Gasteiger partial charge in [0.25, 0.3) is 0 Å². The molecule has 2 unspecified atom stereocenters. The summed E-state index contributed by atoms with van der Waals surface area (Å²) in [6, 6.07) is 7.79. The minimum Gasteiger partial charge on any atom is -0.368 e. The van der Waals surface area contributed by atoms with Gasteiger partial charge in [0.15, 0.2) is 5.50 Å². The molecule has 4 N–H and O–H groups in total. The Bertz CT molecular complexity index is 939. The fourth-order valence-electron chi connectivity index (χ4n) is 3.33. The van der Waals surface area contributed by atoms with Gasteiger partial charge >= 0.3 is 0 Å². The van der Waals surface area contributed by atoms with Crippen LogP contribution in [0.25, 0.3) is 0 Å². The van der Waals surface area contributed by atoms with Crippen LogP contribution in [0.5, 0.6) is 0 Å². The average Bonchev–Trinajstić information content (AvgIpc) is 3.42. The highest BCUT2D eigenvalue weighted by Crippen LogP contribution is 2.36. The minimum atomic E-state index is -0.414. The number of benzene rings is 2. The molecule has 4 rings (SSSR count). The van der Waals surface area contributed by atoms with Crippen LogP contribution in [0.4, 0.5) is 25.8 Å². The van der Waals surface area contributed by atoms with Crippen molar-refractivity contribution >= 4 is 58.9 Å². The molecular weight excluding hydrogens is 450 g/mol. The Labute approximate surface area is 187 Å². The van der Waals surface area contributed by atoms with Gasteiger partial charge in [-0.1, -0.05) is 11.6 Å². The van der Waals surface area contributed by atoms with Crippen molar-refractivity contribution < 1.29 is 8.78 Å². The summed E-state index contributed by atoms with van der Waals surface area (Å²) < 4.78 is 35.7. The maximum absolute atomic E-state index is 14.7. The number of likely N-dealkylation sites (N-methyl/N-ethyl adjacent to an activating group) is 1. The highest BCUT2D eigenvalue weighted by molar-refractivity contribution is 8.01. The Morgan fingerprint density at radius 2 is 2.13 bits per heavy atom. The normalized spacial score (nSPS) is 20.6. The zero-order valence-corrected chi connectivity index (χ0v) is 18.5. The highest BCUT2D eigenvalue weighted by Gasteiger charge is 2.24. The Kier molecular flexibility index (Phi) is 6.89. The Morgan fingerprint density at radius 3 is 2.87 bits per heavy atom. The van der Waals surface area contributed by atoms with Crippen molar-refractivity contribution in [3.8, 4) is 0 Å². The van der Waals surface area contributed by atoms with E-state index in [1.54, 1.807) is 18.5 Å². The number of rotatable bonds is 7. The summed E-state index contributed by atoms with van der Waals surface area (Å²) in [7, 11) is 1.92. The van der Waals surface area contributed by atoms with Gasteiger partial charge in [0.05, 0.1) is 33.3 Å². The van der Waals surface area contributed by atoms with E-state index in [0.29, 0.717) is 27.3 Å². The molecule has 1 fully saturated rings. The van der Waals surface area contributed by atoms with Gasteiger partial charge in [0.1, 0.15) is 11.6 Å². The van der Waals surface area contributed by atoms with Crippen molar-refractivity contribution in [2.45, 2.75) is 22.9 Å². The van der Waals surface area contributed by atoms with Crippen LogP contribution in [0.3, 0.4) is 0 Å². The zero-order valence-electron chi connectivity index (χ0n) is 16.1. The van der Waals surface area contributed by atoms with Crippen molar-refractivity contribution in [2.24, 2.45) is 4.40 Å². The molecule has 0 saturated carbocycles. The lowest BCUT2D eigenvalue weighted by molar-refractivity contribution is 0.602. The molecule has 0 aliphatic carbocycles. The summed E-state index contributed by atoms with van der Waals surface area (Å²) in [5, 5.41) is 9.78. The van der Waals surface area contributed by atoms with Crippen molar-refractivity contribution in [3.05, 3.63) is 47.0 Å². The molecule has 0 radical (unpaired) electrons. The third kappa shape index (κ3) is 4.94. The van der Waals surface area contributed by atoms with Crippen molar-refractivity contribution in [1.29, 1.82) is 0 Å². The maximum Gasteiger partial charge on any atom is 0.157 e. The summed E-state index contributed by atoms with van der Waals surface area (Å²) in [4.78, 5) is 2.48. The molecule has 0 bridgehead atoms. The number of nitrogens with zero attached hydrogens (tertiary/aromatic N) is 2. The first kappa shape index (κ1) is 21.5. The molecule has 11 heteroatoms. The largest absolute Gasteiger partial charge is 0.368 e. The highest BCUT2D eigenvalue weighted by atomic mass is 35.5. The van der Waals surface area contributed by atoms with Gasteiger partial charge in [0, 0.05) is 37.1 Å². The summed E-state index contributed by atoms with van der Waals surface area (Å²) in [5.41, 5.74) is 1.70. The van der Waals surface area contributed by atoms with Gasteiger partial charge < -0.3 is 20.9 Å². The van der Waals surface area contributed by atoms with Gasteiger partial charge in [-0.3, -0.25) is 0 Å². The summed E-state index contributed by atoms with van der Waals surface area (Å²) in [6.07, 6.45) is 2.55. The second kappa shape index (κ2) is 9.61. The van der Waals surface area contributed by atoms with E-state index >= 15 is 0 Å². The van der Waals surface area contributed by atoms with E-state index in [0.717, 1.165) is 37.1 Å². The molecule has 2 heterocycles. The van der Waals surface area contributed by atoms with E-state index in [9.17, 15) is 8.78 Å². The van der Waals surface area contributed by atoms with Crippen LogP contribution in [-0.2, 0) is 0 Å². The monoisotopic (exact) mass is 470 g/mol. The first-order valence-corrected chi connectivity index (χ1v) is 11.4. The Hall–Kier alpha value is -1.72. The van der Waals surface area contributed by atoms with Gasteiger partial charge in [-0.05, 0) is 49.7 Å². The molecule has 160 valence electrons. The molecule has 0 aromatic heterocycles. The van der Waals surface area contributed by atoms with Crippen molar-refractivity contribution in [3.63, 3.8) is 0 Å². The predicted molar refractivity (Wildman–Crippen MR) is 123 cm³/mol. The second-order valence-corrected chi connectivity index (χ2v) is 9.06. The van der Waals surface area contributed by atoms with E-state index in [4.69, 9.17) is 11.6 Å². The van der Waals surface area contributed by atoms with E-state index in [1.165, 1.54) is 30.1 Å². The first-order chi connectivity index (χ1) is 14.5. The number of nitrogens with one attached hydrogen (secondary N) is 4. The SMILES string of the molecule is CNC1CCN(c2cc(F)ccc2Nc2cc(F)c(SNC3NC=NS3)cc2Cl)C1. The van der Waals surface area contributed by atoms with Gasteiger partial charge in [0.2, 0.25) is 0 Å².